The summed E-state index contributed by atoms with van der Waals surface area (Å²) in [5.74, 6) is 0. The molecule has 0 saturated carbocycles. The Bertz CT molecular complexity index is 672. The van der Waals surface area contributed by atoms with Crippen molar-refractivity contribution in [2.45, 2.75) is 4.90 Å². The minimum atomic E-state index is -2.34. The molecule has 0 aliphatic carbocycles. The molecule has 94 valence electrons. The maximum Gasteiger partial charge on any atom is 0.0918 e. The monoisotopic (exact) mass is 268 g/mol. The summed E-state index contributed by atoms with van der Waals surface area (Å²) in [6, 6.07) is 17.8. The second-order valence-electron chi connectivity index (χ2n) is 3.78. The second-order valence-corrected chi connectivity index (χ2v) is 4.69. The Morgan fingerprint density at radius 1 is 1.11 bits per heavy atom. The van der Waals surface area contributed by atoms with E-state index in [1.807, 2.05) is 36.4 Å². The molecule has 19 heavy (non-hydrogen) atoms. The van der Waals surface area contributed by atoms with Crippen LogP contribution in [0.4, 0.5) is 0 Å². The third kappa shape index (κ3) is 2.97. The van der Waals surface area contributed by atoms with Gasteiger partial charge in [0.25, 0.3) is 0 Å². The van der Waals surface area contributed by atoms with E-state index in [0.717, 1.165) is 5.56 Å². The minimum Gasteiger partial charge on any atom is -0.768 e. The molecule has 0 aliphatic rings. The Labute approximate surface area is 114 Å². The van der Waals surface area contributed by atoms with Crippen molar-refractivity contribution in [3.63, 3.8) is 0 Å². The van der Waals surface area contributed by atoms with Gasteiger partial charge in [0.15, 0.2) is 0 Å². The molecule has 0 radical (unpaired) electrons. The summed E-state index contributed by atoms with van der Waals surface area (Å²) in [4.78, 5) is 0.188. The molecule has 0 aromatic heterocycles. The Morgan fingerprint density at radius 3 is 2.37 bits per heavy atom. The van der Waals surface area contributed by atoms with Gasteiger partial charge in [-0.3, -0.25) is 4.21 Å². The van der Waals surface area contributed by atoms with E-state index < -0.39 is 11.1 Å². The number of benzene rings is 2. The molecule has 0 N–H and O–H groups in total. The quantitative estimate of drug-likeness (QED) is 0.635. The fraction of sp³-hybridized carbons (Fsp3) is 0. The summed E-state index contributed by atoms with van der Waals surface area (Å²) in [6.07, 6.45) is 1.36. The molecule has 2 aromatic carbocycles. The molecular weight excluding hydrogens is 258 g/mol. The van der Waals surface area contributed by atoms with Gasteiger partial charge >= 0.3 is 0 Å². The van der Waals surface area contributed by atoms with E-state index in [-0.39, 0.29) is 4.90 Å². The van der Waals surface area contributed by atoms with Crippen LogP contribution in [0.5, 0.6) is 0 Å². The topological polar surface area (TPSA) is 63.9 Å². The fourth-order valence-corrected chi connectivity index (χ4v) is 2.38. The van der Waals surface area contributed by atoms with Crippen LogP contribution in [0.3, 0.4) is 0 Å². The highest BCUT2D eigenvalue weighted by Gasteiger charge is 2.09. The molecule has 0 amide bonds. The first kappa shape index (κ1) is 13.2. The Kier molecular flexibility index (Phi) is 4.24. The predicted molar refractivity (Wildman–Crippen MR) is 72.8 cm³/mol. The zero-order valence-corrected chi connectivity index (χ0v) is 10.8. The van der Waals surface area contributed by atoms with Crippen molar-refractivity contribution in [2.75, 3.05) is 0 Å². The molecule has 1 atom stereocenters. The molecule has 0 bridgehead atoms. The summed E-state index contributed by atoms with van der Waals surface area (Å²) in [5.41, 5.74) is 1.94. The van der Waals surface area contributed by atoms with Crippen molar-refractivity contribution < 1.29 is 8.76 Å². The van der Waals surface area contributed by atoms with Gasteiger partial charge in [0.1, 0.15) is 0 Å². The van der Waals surface area contributed by atoms with Gasteiger partial charge in [-0.1, -0.05) is 48.5 Å². The van der Waals surface area contributed by atoms with Crippen LogP contribution in [0.1, 0.15) is 11.1 Å². The number of allylic oxidation sites excluding steroid dienone is 1. The van der Waals surface area contributed by atoms with E-state index in [1.165, 1.54) is 12.1 Å². The van der Waals surface area contributed by atoms with Gasteiger partial charge in [0.05, 0.1) is 6.07 Å². The Balaban J connectivity index is 2.63. The van der Waals surface area contributed by atoms with Gasteiger partial charge in [-0.25, -0.2) is 0 Å². The van der Waals surface area contributed by atoms with E-state index >= 15 is 0 Å². The SMILES string of the molecule is N#CC=C(c1ccccc1)c1ccccc1S(=O)[O-]. The van der Waals surface area contributed by atoms with Crippen LogP contribution in [0.25, 0.3) is 5.57 Å². The number of rotatable bonds is 3. The lowest BCUT2D eigenvalue weighted by molar-refractivity contribution is 0.537. The first-order valence-electron chi connectivity index (χ1n) is 5.58. The molecule has 1 unspecified atom stereocenters. The van der Waals surface area contributed by atoms with Gasteiger partial charge < -0.3 is 4.55 Å². The molecule has 2 rings (SSSR count). The third-order valence-electron chi connectivity index (χ3n) is 2.65. The molecule has 3 nitrogen and oxygen atoms in total. The molecule has 0 spiro atoms. The molecule has 2 aromatic rings. The summed E-state index contributed by atoms with van der Waals surface area (Å²) < 4.78 is 22.5. The van der Waals surface area contributed by atoms with Crippen LogP contribution in [0, 0.1) is 11.3 Å². The summed E-state index contributed by atoms with van der Waals surface area (Å²) in [7, 11) is 0. The number of hydrogen-bond donors (Lipinski definition) is 0. The highest BCUT2D eigenvalue weighted by atomic mass is 32.2. The van der Waals surface area contributed by atoms with Crippen molar-refractivity contribution in [3.05, 3.63) is 71.8 Å². The maximum absolute atomic E-state index is 11.3. The van der Waals surface area contributed by atoms with Crippen molar-refractivity contribution in [1.82, 2.24) is 0 Å². The zero-order valence-electron chi connectivity index (χ0n) is 9.95. The predicted octanol–water partition coefficient (Wildman–Crippen LogP) is 2.88. The average Bonchev–Trinajstić information content (AvgIpc) is 2.45. The van der Waals surface area contributed by atoms with E-state index in [1.54, 1.807) is 18.2 Å². The Morgan fingerprint density at radius 2 is 1.74 bits per heavy atom. The van der Waals surface area contributed by atoms with Crippen molar-refractivity contribution >= 4 is 16.7 Å². The van der Waals surface area contributed by atoms with Crippen molar-refractivity contribution in [2.24, 2.45) is 0 Å². The van der Waals surface area contributed by atoms with Crippen molar-refractivity contribution in [1.29, 1.82) is 5.26 Å². The molecule has 0 aliphatic heterocycles. The van der Waals surface area contributed by atoms with Gasteiger partial charge in [-0.05, 0) is 28.3 Å². The summed E-state index contributed by atoms with van der Waals surface area (Å²) >= 11 is -2.34. The largest absolute Gasteiger partial charge is 0.768 e. The molecule has 0 saturated heterocycles. The normalized spacial score (nSPS) is 12.7. The lowest BCUT2D eigenvalue weighted by atomic mass is 9.98. The molecule has 4 heteroatoms. The van der Waals surface area contributed by atoms with Gasteiger partial charge in [0.2, 0.25) is 0 Å². The van der Waals surface area contributed by atoms with Crippen molar-refractivity contribution in [3.8, 4) is 6.07 Å². The van der Waals surface area contributed by atoms with Crippen LogP contribution in [-0.2, 0) is 11.1 Å². The first-order chi connectivity index (χ1) is 9.24. The first-order valence-corrected chi connectivity index (χ1v) is 6.65. The third-order valence-corrected chi connectivity index (χ3v) is 3.37. The molecule has 0 heterocycles. The lowest BCUT2D eigenvalue weighted by Gasteiger charge is -2.14. The summed E-state index contributed by atoms with van der Waals surface area (Å²) in [5, 5.41) is 8.91. The minimum absolute atomic E-state index is 0.188. The van der Waals surface area contributed by atoms with Gasteiger partial charge in [-0.15, -0.1) is 0 Å². The fourth-order valence-electron chi connectivity index (χ4n) is 1.83. The zero-order chi connectivity index (χ0) is 13.7. The molecular formula is C15H10NO2S-. The molecule has 0 fully saturated rings. The van der Waals surface area contributed by atoms with Crippen LogP contribution in [0.15, 0.2) is 65.6 Å². The van der Waals surface area contributed by atoms with Crippen LogP contribution < -0.4 is 0 Å². The van der Waals surface area contributed by atoms with E-state index in [0.29, 0.717) is 11.1 Å². The van der Waals surface area contributed by atoms with Gasteiger partial charge in [-0.2, -0.15) is 5.26 Å². The van der Waals surface area contributed by atoms with E-state index in [4.69, 9.17) is 5.26 Å². The standard InChI is InChI=1S/C15H11NO2S/c16-11-10-13(12-6-2-1-3-7-12)14-8-4-5-9-15(14)19(17)18/h1-10H,(H,17,18)/p-1. The Hall–Kier alpha value is -2.22. The van der Waals surface area contributed by atoms with E-state index in [9.17, 15) is 8.76 Å². The van der Waals surface area contributed by atoms with Crippen LogP contribution >= 0.6 is 0 Å². The highest BCUT2D eigenvalue weighted by molar-refractivity contribution is 7.79. The van der Waals surface area contributed by atoms with Crippen LogP contribution in [-0.4, -0.2) is 8.76 Å². The summed E-state index contributed by atoms with van der Waals surface area (Å²) in [6.45, 7) is 0. The smallest absolute Gasteiger partial charge is 0.0918 e. The number of nitriles is 1. The maximum atomic E-state index is 11.3. The number of nitrogens with zero attached hydrogens (tertiary/aromatic N) is 1. The second kappa shape index (κ2) is 6.10. The highest BCUT2D eigenvalue weighted by Crippen LogP contribution is 2.27. The van der Waals surface area contributed by atoms with Gasteiger partial charge in [0, 0.05) is 16.5 Å². The number of hydrogen-bond acceptors (Lipinski definition) is 3. The average molecular weight is 268 g/mol. The van der Waals surface area contributed by atoms with Crippen LogP contribution in [0.2, 0.25) is 0 Å². The van der Waals surface area contributed by atoms with E-state index in [2.05, 4.69) is 0 Å². The lowest BCUT2D eigenvalue weighted by Crippen LogP contribution is -1.97.